The summed E-state index contributed by atoms with van der Waals surface area (Å²) in [5, 5.41) is 10.2. The van der Waals surface area contributed by atoms with Gasteiger partial charge in [0.25, 0.3) is 5.91 Å². The Morgan fingerprint density at radius 2 is 2.04 bits per heavy atom. The number of fused-ring (bicyclic) bond motifs is 2. The first kappa shape index (κ1) is 16.5. The van der Waals surface area contributed by atoms with Crippen molar-refractivity contribution in [3.8, 4) is 0 Å². The second-order valence-electron chi connectivity index (χ2n) is 7.56. The third kappa shape index (κ3) is 2.68. The standard InChI is InChI=1S/C19H27NO3/c1-18(2,23-3)17(22)20-15-9-10-16(20)19(12-15,13-21)11-14-7-5-4-6-8-14/h4-8,15-16,21H,9-13H2,1-3H3/t15-,16+,19-/m0/s1. The third-order valence-electron chi connectivity index (χ3n) is 5.83. The Bertz CT molecular complexity index is 571. The zero-order valence-electron chi connectivity index (χ0n) is 14.3. The van der Waals surface area contributed by atoms with Crippen LogP contribution >= 0.6 is 0 Å². The van der Waals surface area contributed by atoms with Crippen molar-refractivity contribution in [2.45, 2.75) is 57.2 Å². The molecule has 1 aromatic carbocycles. The van der Waals surface area contributed by atoms with Crippen molar-refractivity contribution in [1.29, 1.82) is 0 Å². The summed E-state index contributed by atoms with van der Waals surface area (Å²) in [7, 11) is 1.58. The second-order valence-corrected chi connectivity index (χ2v) is 7.56. The molecule has 23 heavy (non-hydrogen) atoms. The van der Waals surface area contributed by atoms with Gasteiger partial charge in [0.05, 0.1) is 6.61 Å². The van der Waals surface area contributed by atoms with Crippen LogP contribution in [0.4, 0.5) is 0 Å². The van der Waals surface area contributed by atoms with Gasteiger partial charge in [0.2, 0.25) is 0 Å². The molecular formula is C19H27NO3. The van der Waals surface area contributed by atoms with E-state index in [0.717, 1.165) is 25.7 Å². The van der Waals surface area contributed by atoms with E-state index in [4.69, 9.17) is 4.74 Å². The molecule has 1 aromatic rings. The zero-order valence-corrected chi connectivity index (χ0v) is 14.3. The Balaban J connectivity index is 1.87. The molecule has 2 fully saturated rings. The fourth-order valence-electron chi connectivity index (χ4n) is 4.41. The van der Waals surface area contributed by atoms with Gasteiger partial charge in [-0.2, -0.15) is 0 Å². The number of aliphatic hydroxyl groups excluding tert-OH is 1. The lowest BCUT2D eigenvalue weighted by molar-refractivity contribution is -0.153. The topological polar surface area (TPSA) is 49.8 Å². The van der Waals surface area contributed by atoms with Crippen LogP contribution in [-0.4, -0.2) is 47.3 Å². The van der Waals surface area contributed by atoms with E-state index < -0.39 is 5.60 Å². The summed E-state index contributed by atoms with van der Waals surface area (Å²) in [6.45, 7) is 3.77. The molecule has 3 rings (SSSR count). The first-order valence-electron chi connectivity index (χ1n) is 8.46. The van der Waals surface area contributed by atoms with E-state index in [1.807, 2.05) is 36.9 Å². The van der Waals surface area contributed by atoms with Crippen LogP contribution < -0.4 is 0 Å². The molecule has 0 saturated carbocycles. The summed E-state index contributed by atoms with van der Waals surface area (Å²) in [6.07, 6.45) is 3.72. The number of amides is 1. The Hall–Kier alpha value is -1.39. The molecule has 4 heteroatoms. The van der Waals surface area contributed by atoms with E-state index in [1.165, 1.54) is 5.56 Å². The van der Waals surface area contributed by atoms with Crippen molar-refractivity contribution in [2.75, 3.05) is 13.7 Å². The summed E-state index contributed by atoms with van der Waals surface area (Å²) in [5.41, 5.74) is 0.204. The fourth-order valence-corrected chi connectivity index (χ4v) is 4.41. The zero-order chi connectivity index (χ0) is 16.7. The molecule has 0 spiro atoms. The number of rotatable bonds is 5. The lowest BCUT2D eigenvalue weighted by atomic mass is 9.70. The maximum absolute atomic E-state index is 12.9. The van der Waals surface area contributed by atoms with Gasteiger partial charge >= 0.3 is 0 Å². The highest BCUT2D eigenvalue weighted by Crippen LogP contribution is 2.52. The smallest absolute Gasteiger partial charge is 0.254 e. The van der Waals surface area contributed by atoms with Crippen molar-refractivity contribution in [3.63, 3.8) is 0 Å². The van der Waals surface area contributed by atoms with Gasteiger partial charge in [-0.15, -0.1) is 0 Å². The molecule has 0 aliphatic carbocycles. The quantitative estimate of drug-likeness (QED) is 0.907. The van der Waals surface area contributed by atoms with Crippen molar-refractivity contribution in [3.05, 3.63) is 35.9 Å². The number of carbonyl (C=O) groups is 1. The molecule has 126 valence electrons. The first-order valence-corrected chi connectivity index (χ1v) is 8.46. The molecule has 2 aliphatic heterocycles. The number of hydrogen-bond donors (Lipinski definition) is 1. The molecule has 2 heterocycles. The van der Waals surface area contributed by atoms with E-state index in [2.05, 4.69) is 12.1 Å². The maximum Gasteiger partial charge on any atom is 0.254 e. The van der Waals surface area contributed by atoms with Crippen LogP contribution in [0, 0.1) is 5.41 Å². The number of ether oxygens (including phenoxy) is 1. The minimum atomic E-state index is -0.806. The minimum absolute atomic E-state index is 0.0517. The molecule has 2 bridgehead atoms. The normalized spacial score (nSPS) is 30.0. The highest BCUT2D eigenvalue weighted by Gasteiger charge is 2.58. The largest absolute Gasteiger partial charge is 0.396 e. The van der Waals surface area contributed by atoms with Crippen molar-refractivity contribution in [2.24, 2.45) is 5.41 Å². The van der Waals surface area contributed by atoms with Gasteiger partial charge in [-0.05, 0) is 45.1 Å². The summed E-state index contributed by atoms with van der Waals surface area (Å²) in [4.78, 5) is 15.0. The van der Waals surface area contributed by atoms with Crippen LogP contribution in [0.15, 0.2) is 30.3 Å². The molecule has 0 aromatic heterocycles. The summed E-state index contributed by atoms with van der Waals surface area (Å²) < 4.78 is 5.40. The summed E-state index contributed by atoms with van der Waals surface area (Å²) in [5.74, 6) is 0.0517. The predicted octanol–water partition coefficient (Wildman–Crippen LogP) is 2.40. The summed E-state index contributed by atoms with van der Waals surface area (Å²) >= 11 is 0. The van der Waals surface area contributed by atoms with E-state index in [0.29, 0.717) is 0 Å². The Labute approximate surface area is 138 Å². The second kappa shape index (κ2) is 5.91. The van der Waals surface area contributed by atoms with E-state index in [9.17, 15) is 9.90 Å². The van der Waals surface area contributed by atoms with Gasteiger partial charge < -0.3 is 14.7 Å². The molecular weight excluding hydrogens is 290 g/mol. The number of benzene rings is 1. The lowest BCUT2D eigenvalue weighted by Gasteiger charge is -2.37. The molecule has 0 unspecified atom stereocenters. The lowest BCUT2D eigenvalue weighted by Crippen LogP contribution is -2.51. The molecule has 2 saturated heterocycles. The van der Waals surface area contributed by atoms with Crippen molar-refractivity contribution in [1.82, 2.24) is 4.90 Å². The average Bonchev–Trinajstić information content (AvgIpc) is 3.10. The number of hydrogen-bond acceptors (Lipinski definition) is 3. The molecule has 0 radical (unpaired) electrons. The minimum Gasteiger partial charge on any atom is -0.396 e. The first-order chi connectivity index (χ1) is 10.9. The molecule has 1 N–H and O–H groups in total. The van der Waals surface area contributed by atoms with Gasteiger partial charge in [0.1, 0.15) is 5.60 Å². The van der Waals surface area contributed by atoms with E-state index >= 15 is 0 Å². The Morgan fingerprint density at radius 1 is 1.35 bits per heavy atom. The third-order valence-corrected chi connectivity index (χ3v) is 5.83. The number of carbonyl (C=O) groups excluding carboxylic acids is 1. The van der Waals surface area contributed by atoms with Gasteiger partial charge in [0.15, 0.2) is 0 Å². The highest BCUT2D eigenvalue weighted by atomic mass is 16.5. The summed E-state index contributed by atoms with van der Waals surface area (Å²) in [6, 6.07) is 10.6. The van der Waals surface area contributed by atoms with Gasteiger partial charge in [0, 0.05) is 24.6 Å². The van der Waals surface area contributed by atoms with E-state index in [-0.39, 0.29) is 30.0 Å². The highest BCUT2D eigenvalue weighted by molar-refractivity contribution is 5.85. The fraction of sp³-hybridized carbons (Fsp3) is 0.632. The van der Waals surface area contributed by atoms with Crippen LogP contribution in [0.1, 0.15) is 38.7 Å². The Kier molecular flexibility index (Phi) is 4.23. The number of methoxy groups -OCH3 is 1. The molecule has 1 amide bonds. The van der Waals surface area contributed by atoms with Gasteiger partial charge in [-0.25, -0.2) is 0 Å². The van der Waals surface area contributed by atoms with Crippen molar-refractivity contribution >= 4 is 5.91 Å². The number of nitrogens with zero attached hydrogens (tertiary/aromatic N) is 1. The van der Waals surface area contributed by atoms with Crippen LogP contribution in [0.25, 0.3) is 0 Å². The van der Waals surface area contributed by atoms with Crippen molar-refractivity contribution < 1.29 is 14.6 Å². The predicted molar refractivity (Wildman–Crippen MR) is 89.0 cm³/mol. The van der Waals surface area contributed by atoms with E-state index in [1.54, 1.807) is 7.11 Å². The molecule has 4 nitrogen and oxygen atoms in total. The number of aliphatic hydroxyl groups is 1. The Morgan fingerprint density at radius 3 is 2.65 bits per heavy atom. The maximum atomic E-state index is 12.9. The molecule has 3 atom stereocenters. The molecule has 2 aliphatic rings. The van der Waals surface area contributed by atoms with Crippen LogP contribution in [0.3, 0.4) is 0 Å². The van der Waals surface area contributed by atoms with Gasteiger partial charge in [-0.3, -0.25) is 4.79 Å². The monoisotopic (exact) mass is 317 g/mol. The van der Waals surface area contributed by atoms with Crippen LogP contribution in [0.2, 0.25) is 0 Å². The van der Waals surface area contributed by atoms with Crippen LogP contribution in [0.5, 0.6) is 0 Å². The average molecular weight is 317 g/mol. The van der Waals surface area contributed by atoms with Crippen LogP contribution in [-0.2, 0) is 16.0 Å². The SMILES string of the molecule is COC(C)(C)C(=O)N1[C@H]2CC[C@@H]1[C@@](CO)(Cc1ccccc1)C2. The van der Waals surface area contributed by atoms with Gasteiger partial charge in [-0.1, -0.05) is 30.3 Å².